The van der Waals surface area contributed by atoms with E-state index < -0.39 is 9.85 Å². The Bertz CT molecular complexity index is 1040. The van der Waals surface area contributed by atoms with Crippen molar-refractivity contribution in [3.63, 3.8) is 0 Å². The SMILES string of the molecule is O=C/C=C(\c1ccc([N+](=O)[O-])cc1)n1ccc(-c2ccc([N+](=O)[O-])cc2)n1. The zero-order valence-corrected chi connectivity index (χ0v) is 13.8. The van der Waals surface area contributed by atoms with Crippen molar-refractivity contribution in [2.45, 2.75) is 0 Å². The summed E-state index contributed by atoms with van der Waals surface area (Å²) in [6.07, 6.45) is 3.53. The number of allylic oxidation sites excluding steroid dienone is 1. The van der Waals surface area contributed by atoms with Crippen molar-refractivity contribution >= 4 is 23.4 Å². The number of aldehydes is 1. The van der Waals surface area contributed by atoms with Gasteiger partial charge >= 0.3 is 0 Å². The second-order valence-electron chi connectivity index (χ2n) is 5.44. The molecule has 0 N–H and O–H groups in total. The Balaban J connectivity index is 1.94. The van der Waals surface area contributed by atoms with Crippen LogP contribution in [0.25, 0.3) is 17.0 Å². The second kappa shape index (κ2) is 7.40. The molecule has 0 amide bonds. The van der Waals surface area contributed by atoms with Crippen molar-refractivity contribution in [1.82, 2.24) is 9.78 Å². The van der Waals surface area contributed by atoms with Gasteiger partial charge in [-0.1, -0.05) is 0 Å². The van der Waals surface area contributed by atoms with Gasteiger partial charge in [-0.3, -0.25) is 25.0 Å². The number of hydrogen-bond donors (Lipinski definition) is 0. The van der Waals surface area contributed by atoms with Gasteiger partial charge in [0.15, 0.2) is 0 Å². The molecule has 0 atom stereocenters. The van der Waals surface area contributed by atoms with E-state index in [9.17, 15) is 25.0 Å². The third kappa shape index (κ3) is 3.76. The Kier molecular flexibility index (Phi) is 4.84. The minimum Gasteiger partial charge on any atom is -0.298 e. The van der Waals surface area contributed by atoms with Gasteiger partial charge in [0.2, 0.25) is 0 Å². The number of nitro groups is 2. The van der Waals surface area contributed by atoms with E-state index in [4.69, 9.17) is 0 Å². The Hall–Kier alpha value is -4.14. The number of rotatable bonds is 6. The van der Waals surface area contributed by atoms with Crippen molar-refractivity contribution in [2.75, 3.05) is 0 Å². The topological polar surface area (TPSA) is 121 Å². The smallest absolute Gasteiger partial charge is 0.269 e. The number of aromatic nitrogens is 2. The third-order valence-electron chi connectivity index (χ3n) is 3.81. The predicted octanol–water partition coefficient (Wildman–Crippen LogP) is 3.45. The summed E-state index contributed by atoms with van der Waals surface area (Å²) in [6, 6.07) is 13.4. The molecule has 0 saturated heterocycles. The number of carbonyl (C=O) groups is 1. The van der Waals surface area contributed by atoms with Gasteiger partial charge in [-0.2, -0.15) is 5.10 Å². The maximum atomic E-state index is 11.0. The van der Waals surface area contributed by atoms with Gasteiger partial charge in [-0.15, -0.1) is 0 Å². The molecule has 1 aromatic heterocycles. The molecule has 2 aromatic carbocycles. The summed E-state index contributed by atoms with van der Waals surface area (Å²) < 4.78 is 1.46. The highest BCUT2D eigenvalue weighted by molar-refractivity contribution is 5.81. The summed E-state index contributed by atoms with van der Waals surface area (Å²) in [5.74, 6) is 0. The van der Waals surface area contributed by atoms with E-state index in [1.54, 1.807) is 24.4 Å². The van der Waals surface area contributed by atoms with Gasteiger partial charge in [0.1, 0.15) is 6.29 Å². The van der Waals surface area contributed by atoms with Crippen LogP contribution < -0.4 is 0 Å². The summed E-state index contributed by atoms with van der Waals surface area (Å²) in [7, 11) is 0. The first-order valence-corrected chi connectivity index (χ1v) is 7.71. The Morgan fingerprint density at radius 3 is 1.96 bits per heavy atom. The Morgan fingerprint density at radius 2 is 1.44 bits per heavy atom. The minimum absolute atomic E-state index is 0.0226. The van der Waals surface area contributed by atoms with Crippen LogP contribution in [0.4, 0.5) is 11.4 Å². The number of carbonyl (C=O) groups excluding carboxylic acids is 1. The largest absolute Gasteiger partial charge is 0.298 e. The van der Waals surface area contributed by atoms with Crippen molar-refractivity contribution in [3.8, 4) is 11.3 Å². The molecule has 3 rings (SSSR count). The highest BCUT2D eigenvalue weighted by Crippen LogP contribution is 2.24. The van der Waals surface area contributed by atoms with Gasteiger partial charge in [0.25, 0.3) is 11.4 Å². The lowest BCUT2D eigenvalue weighted by molar-refractivity contribution is -0.385. The van der Waals surface area contributed by atoms with Gasteiger partial charge in [-0.25, -0.2) is 4.68 Å². The van der Waals surface area contributed by atoms with Crippen molar-refractivity contribution in [3.05, 3.63) is 92.7 Å². The van der Waals surface area contributed by atoms with E-state index in [-0.39, 0.29) is 11.4 Å². The van der Waals surface area contributed by atoms with Crippen LogP contribution in [0.2, 0.25) is 0 Å². The quantitative estimate of drug-likeness (QED) is 0.286. The molecule has 0 saturated carbocycles. The first kappa shape index (κ1) is 17.7. The normalized spacial score (nSPS) is 11.2. The molecule has 134 valence electrons. The van der Waals surface area contributed by atoms with E-state index in [0.717, 1.165) is 0 Å². The molecule has 0 aliphatic rings. The number of non-ortho nitro benzene ring substituents is 2. The first-order chi connectivity index (χ1) is 13.0. The maximum Gasteiger partial charge on any atom is 0.269 e. The summed E-state index contributed by atoms with van der Waals surface area (Å²) in [4.78, 5) is 31.6. The fourth-order valence-corrected chi connectivity index (χ4v) is 2.49. The van der Waals surface area contributed by atoms with E-state index >= 15 is 0 Å². The lowest BCUT2D eigenvalue weighted by Gasteiger charge is -2.07. The minimum atomic E-state index is -0.506. The Morgan fingerprint density at radius 1 is 0.889 bits per heavy atom. The molecule has 9 heteroatoms. The summed E-state index contributed by atoms with van der Waals surface area (Å²) in [6.45, 7) is 0. The van der Waals surface area contributed by atoms with Crippen LogP contribution in [0.3, 0.4) is 0 Å². The average Bonchev–Trinajstić information content (AvgIpc) is 3.16. The van der Waals surface area contributed by atoms with E-state index in [1.807, 2.05) is 0 Å². The number of benzene rings is 2. The first-order valence-electron chi connectivity index (χ1n) is 7.71. The average molecular weight is 364 g/mol. The zero-order chi connectivity index (χ0) is 19.4. The number of hydrogen-bond acceptors (Lipinski definition) is 6. The standard InChI is InChI=1S/C18H12N4O5/c23-12-10-18(14-3-7-16(8-4-14)22(26)27)20-11-9-17(19-20)13-1-5-15(6-2-13)21(24)25/h1-12H/b18-10+. The molecule has 0 fully saturated rings. The van der Waals surface area contributed by atoms with Crippen LogP contribution in [0.5, 0.6) is 0 Å². The fraction of sp³-hybridized carbons (Fsp3) is 0. The highest BCUT2D eigenvalue weighted by Gasteiger charge is 2.12. The number of nitrogens with zero attached hydrogens (tertiary/aromatic N) is 4. The molecule has 0 radical (unpaired) electrons. The lowest BCUT2D eigenvalue weighted by atomic mass is 10.1. The van der Waals surface area contributed by atoms with Crippen LogP contribution in [-0.2, 0) is 4.79 Å². The second-order valence-corrected chi connectivity index (χ2v) is 5.44. The van der Waals surface area contributed by atoms with E-state index in [2.05, 4.69) is 5.10 Å². The molecule has 9 nitrogen and oxygen atoms in total. The van der Waals surface area contributed by atoms with Crippen LogP contribution in [0, 0.1) is 20.2 Å². The Labute approximate surface area is 152 Å². The molecular weight excluding hydrogens is 352 g/mol. The van der Waals surface area contributed by atoms with Gasteiger partial charge in [0, 0.05) is 47.7 Å². The third-order valence-corrected chi connectivity index (χ3v) is 3.81. The van der Waals surface area contributed by atoms with Gasteiger partial charge < -0.3 is 0 Å². The molecule has 0 aliphatic carbocycles. The van der Waals surface area contributed by atoms with Crippen LogP contribution in [0.15, 0.2) is 66.9 Å². The fourth-order valence-electron chi connectivity index (χ4n) is 2.49. The molecule has 1 heterocycles. The molecular formula is C18H12N4O5. The summed E-state index contributed by atoms with van der Waals surface area (Å²) >= 11 is 0. The van der Waals surface area contributed by atoms with Crippen LogP contribution in [-0.4, -0.2) is 25.9 Å². The van der Waals surface area contributed by atoms with E-state index in [1.165, 1.54) is 47.2 Å². The molecule has 0 bridgehead atoms. The predicted molar refractivity (Wildman–Crippen MR) is 96.9 cm³/mol. The zero-order valence-electron chi connectivity index (χ0n) is 13.8. The van der Waals surface area contributed by atoms with Crippen molar-refractivity contribution in [2.24, 2.45) is 0 Å². The number of nitro benzene ring substituents is 2. The van der Waals surface area contributed by atoms with Crippen molar-refractivity contribution < 1.29 is 14.6 Å². The van der Waals surface area contributed by atoms with Gasteiger partial charge in [0.05, 0.1) is 21.2 Å². The van der Waals surface area contributed by atoms with Crippen molar-refractivity contribution in [1.29, 1.82) is 0 Å². The molecule has 0 spiro atoms. The van der Waals surface area contributed by atoms with Crippen LogP contribution >= 0.6 is 0 Å². The molecule has 0 aliphatic heterocycles. The summed E-state index contributed by atoms with van der Waals surface area (Å²) in [5, 5.41) is 25.9. The maximum absolute atomic E-state index is 11.0. The monoisotopic (exact) mass is 364 g/mol. The molecule has 0 unspecified atom stereocenters. The molecule has 27 heavy (non-hydrogen) atoms. The van der Waals surface area contributed by atoms with E-state index in [0.29, 0.717) is 28.8 Å². The van der Waals surface area contributed by atoms with Crippen LogP contribution in [0.1, 0.15) is 5.56 Å². The lowest BCUT2D eigenvalue weighted by Crippen LogP contribution is -2.01. The van der Waals surface area contributed by atoms with Gasteiger partial charge in [-0.05, 0) is 30.3 Å². The highest BCUT2D eigenvalue weighted by atomic mass is 16.6. The summed E-state index contributed by atoms with van der Waals surface area (Å²) in [5.41, 5.74) is 2.16. The molecule has 3 aromatic rings.